The monoisotopic (exact) mass is 278 g/mol. The number of aliphatic imine (C=N–C) groups is 1. The van der Waals surface area contributed by atoms with Crippen molar-refractivity contribution in [1.82, 2.24) is 0 Å². The predicted molar refractivity (Wildman–Crippen MR) is 92.5 cm³/mol. The fraction of sp³-hybridized carbons (Fsp3) is 0.211. The first-order valence-electron chi connectivity index (χ1n) is 7.17. The molecule has 2 aromatic rings. The molecule has 1 N–H and O–H groups in total. The molecule has 0 atom stereocenters. The van der Waals surface area contributed by atoms with Gasteiger partial charge in [-0.25, -0.2) is 0 Å². The number of nitrogens with zero attached hydrogens (tertiary/aromatic N) is 1. The lowest BCUT2D eigenvalue weighted by Crippen LogP contribution is -1.98. The molecule has 108 valence electrons. The molecule has 0 spiro atoms. The molecule has 2 aromatic carbocycles. The van der Waals surface area contributed by atoms with Crippen LogP contribution >= 0.6 is 0 Å². The van der Waals surface area contributed by atoms with E-state index in [2.05, 4.69) is 66.6 Å². The van der Waals surface area contributed by atoms with Crippen molar-refractivity contribution >= 4 is 17.1 Å². The maximum absolute atomic E-state index is 4.60. The second-order valence-electron chi connectivity index (χ2n) is 5.41. The Bertz CT molecular complexity index is 647. The molecule has 0 saturated heterocycles. The van der Waals surface area contributed by atoms with Crippen LogP contribution in [0.3, 0.4) is 0 Å². The summed E-state index contributed by atoms with van der Waals surface area (Å²) in [5, 5.41) is 3.38. The van der Waals surface area contributed by atoms with Crippen LogP contribution in [0.5, 0.6) is 0 Å². The molecule has 2 rings (SSSR count). The summed E-state index contributed by atoms with van der Waals surface area (Å²) in [7, 11) is 0. The van der Waals surface area contributed by atoms with Gasteiger partial charge in [0.1, 0.15) is 0 Å². The van der Waals surface area contributed by atoms with Gasteiger partial charge in [0.2, 0.25) is 0 Å². The van der Waals surface area contributed by atoms with E-state index in [0.717, 1.165) is 22.8 Å². The molecule has 0 heterocycles. The molecular formula is C19H22N2. The maximum atomic E-state index is 4.60. The van der Waals surface area contributed by atoms with Gasteiger partial charge in [-0.2, -0.15) is 0 Å². The van der Waals surface area contributed by atoms with E-state index in [-0.39, 0.29) is 0 Å². The van der Waals surface area contributed by atoms with Crippen LogP contribution in [0, 0.1) is 13.8 Å². The van der Waals surface area contributed by atoms with Crippen LogP contribution in [0.15, 0.2) is 65.3 Å². The molecule has 2 nitrogen and oxygen atoms in total. The molecule has 0 aromatic heterocycles. The van der Waals surface area contributed by atoms with Gasteiger partial charge in [0, 0.05) is 17.1 Å². The fourth-order valence-electron chi connectivity index (χ4n) is 2.07. The summed E-state index contributed by atoms with van der Waals surface area (Å²) in [5.41, 5.74) is 6.65. The number of allylic oxidation sites excluding steroid dienone is 2. The lowest BCUT2D eigenvalue weighted by atomic mass is 10.2. The van der Waals surface area contributed by atoms with Crippen molar-refractivity contribution < 1.29 is 0 Å². The van der Waals surface area contributed by atoms with E-state index in [1.165, 1.54) is 11.1 Å². The predicted octanol–water partition coefficient (Wildman–Crippen LogP) is 5.41. The molecule has 0 bridgehead atoms. The van der Waals surface area contributed by atoms with E-state index in [0.29, 0.717) is 0 Å². The van der Waals surface area contributed by atoms with Gasteiger partial charge in [0.25, 0.3) is 0 Å². The molecule has 0 fully saturated rings. The summed E-state index contributed by atoms with van der Waals surface area (Å²) in [6, 6.07) is 16.6. The highest BCUT2D eigenvalue weighted by atomic mass is 14.9. The third-order valence-corrected chi connectivity index (χ3v) is 3.16. The lowest BCUT2D eigenvalue weighted by molar-refractivity contribution is 1.36. The minimum atomic E-state index is 0.982. The normalized spacial score (nSPS) is 12.4. The van der Waals surface area contributed by atoms with Crippen molar-refractivity contribution in [2.24, 2.45) is 4.99 Å². The lowest BCUT2D eigenvalue weighted by Gasteiger charge is -2.07. The van der Waals surface area contributed by atoms with Crippen LogP contribution in [0.1, 0.15) is 25.0 Å². The minimum absolute atomic E-state index is 0.982. The van der Waals surface area contributed by atoms with Gasteiger partial charge in [-0.15, -0.1) is 0 Å². The van der Waals surface area contributed by atoms with Crippen LogP contribution in [0.25, 0.3) is 0 Å². The number of benzene rings is 2. The quantitative estimate of drug-likeness (QED) is 0.743. The topological polar surface area (TPSA) is 24.4 Å². The first-order chi connectivity index (χ1) is 10.0. The van der Waals surface area contributed by atoms with Crippen molar-refractivity contribution in [2.75, 3.05) is 5.32 Å². The van der Waals surface area contributed by atoms with E-state index in [1.54, 1.807) is 0 Å². The van der Waals surface area contributed by atoms with Gasteiger partial charge >= 0.3 is 0 Å². The van der Waals surface area contributed by atoms with Crippen molar-refractivity contribution in [3.63, 3.8) is 0 Å². The van der Waals surface area contributed by atoms with E-state index in [1.807, 2.05) is 26.0 Å². The highest BCUT2D eigenvalue weighted by molar-refractivity contribution is 5.95. The van der Waals surface area contributed by atoms with Crippen molar-refractivity contribution in [3.05, 3.63) is 71.4 Å². The molecule has 0 aliphatic rings. The summed E-state index contributed by atoms with van der Waals surface area (Å²) in [4.78, 5) is 4.60. The van der Waals surface area contributed by atoms with E-state index in [9.17, 15) is 0 Å². The van der Waals surface area contributed by atoms with E-state index >= 15 is 0 Å². The molecule has 0 saturated carbocycles. The van der Waals surface area contributed by atoms with Gasteiger partial charge in [0.05, 0.1) is 5.69 Å². The Morgan fingerprint density at radius 3 is 1.95 bits per heavy atom. The number of hydrogen-bond acceptors (Lipinski definition) is 2. The summed E-state index contributed by atoms with van der Waals surface area (Å²) < 4.78 is 0. The number of aryl methyl sites for hydroxylation is 2. The molecule has 0 aliphatic heterocycles. The Kier molecular flexibility index (Phi) is 4.94. The van der Waals surface area contributed by atoms with E-state index in [4.69, 9.17) is 0 Å². The van der Waals surface area contributed by atoms with Gasteiger partial charge in [0.15, 0.2) is 0 Å². The highest BCUT2D eigenvalue weighted by Crippen LogP contribution is 2.14. The van der Waals surface area contributed by atoms with Gasteiger partial charge in [-0.3, -0.25) is 4.99 Å². The fourth-order valence-corrected chi connectivity index (χ4v) is 2.07. The van der Waals surface area contributed by atoms with Crippen LogP contribution in [0.2, 0.25) is 0 Å². The van der Waals surface area contributed by atoms with Crippen LogP contribution in [-0.2, 0) is 0 Å². The number of anilines is 1. The Morgan fingerprint density at radius 2 is 1.38 bits per heavy atom. The van der Waals surface area contributed by atoms with Crippen LogP contribution < -0.4 is 5.32 Å². The summed E-state index contributed by atoms with van der Waals surface area (Å²) >= 11 is 0. The molecule has 21 heavy (non-hydrogen) atoms. The number of rotatable bonds is 4. The smallest absolute Gasteiger partial charge is 0.0633 e. The van der Waals surface area contributed by atoms with Crippen LogP contribution in [0.4, 0.5) is 11.4 Å². The Morgan fingerprint density at radius 1 is 0.857 bits per heavy atom. The zero-order chi connectivity index (χ0) is 15.2. The zero-order valence-electron chi connectivity index (χ0n) is 13.1. The Labute approximate surface area is 127 Å². The van der Waals surface area contributed by atoms with Gasteiger partial charge in [-0.1, -0.05) is 35.4 Å². The zero-order valence-corrected chi connectivity index (χ0v) is 13.1. The second kappa shape index (κ2) is 6.89. The standard InChI is InChI=1S/C19H22N2/c1-14-5-9-18(10-6-14)20-16(3)13-17(4)21-19-11-7-15(2)8-12-19/h5-13,20H,1-4H3. The average molecular weight is 278 g/mol. The molecule has 0 unspecified atom stereocenters. The first kappa shape index (κ1) is 15.0. The van der Waals surface area contributed by atoms with Crippen molar-refractivity contribution in [2.45, 2.75) is 27.7 Å². The van der Waals surface area contributed by atoms with Gasteiger partial charge in [-0.05, 0) is 58.0 Å². The third kappa shape index (κ3) is 4.92. The van der Waals surface area contributed by atoms with Gasteiger partial charge < -0.3 is 5.32 Å². The SMILES string of the molecule is CC(=CC(C)=Nc1ccc(C)cc1)Nc1ccc(C)cc1. The summed E-state index contributed by atoms with van der Waals surface area (Å²) in [6.07, 6.45) is 2.06. The molecular weight excluding hydrogens is 256 g/mol. The molecule has 2 heteroatoms. The average Bonchev–Trinajstić information content (AvgIpc) is 2.44. The summed E-state index contributed by atoms with van der Waals surface area (Å²) in [5.74, 6) is 0. The van der Waals surface area contributed by atoms with Crippen molar-refractivity contribution in [3.8, 4) is 0 Å². The molecule has 0 radical (unpaired) electrons. The van der Waals surface area contributed by atoms with E-state index < -0.39 is 0 Å². The largest absolute Gasteiger partial charge is 0.359 e. The second-order valence-corrected chi connectivity index (χ2v) is 5.41. The highest BCUT2D eigenvalue weighted by Gasteiger charge is 1.95. The maximum Gasteiger partial charge on any atom is 0.0633 e. The summed E-state index contributed by atoms with van der Waals surface area (Å²) in [6.45, 7) is 8.23. The Balaban J connectivity index is 2.06. The third-order valence-electron chi connectivity index (χ3n) is 3.16. The molecule has 0 amide bonds. The number of nitrogens with one attached hydrogen (secondary N) is 1. The Hall–Kier alpha value is -2.35. The van der Waals surface area contributed by atoms with Crippen LogP contribution in [-0.4, -0.2) is 5.71 Å². The first-order valence-corrected chi connectivity index (χ1v) is 7.17. The number of hydrogen-bond donors (Lipinski definition) is 1. The minimum Gasteiger partial charge on any atom is -0.359 e. The van der Waals surface area contributed by atoms with Crippen molar-refractivity contribution in [1.29, 1.82) is 0 Å². The molecule has 0 aliphatic carbocycles.